The molecule has 2 heteroatoms. The lowest BCUT2D eigenvalue weighted by Crippen LogP contribution is -2.50. The van der Waals surface area contributed by atoms with Gasteiger partial charge in [-0.15, -0.1) is 0 Å². The Morgan fingerprint density at radius 2 is 1.50 bits per heavy atom. The van der Waals surface area contributed by atoms with Gasteiger partial charge in [-0.05, 0) is 98.7 Å². The first-order chi connectivity index (χ1) is 18.4. The summed E-state index contributed by atoms with van der Waals surface area (Å²) in [5.74, 6) is 3.78. The molecule has 218 valence electrons. The molecular weight excluding hydrogens is 480 g/mol. The lowest BCUT2D eigenvalue weighted by molar-refractivity contribution is -0.111. The van der Waals surface area contributed by atoms with Crippen molar-refractivity contribution in [1.29, 1.82) is 0 Å². The van der Waals surface area contributed by atoms with E-state index in [2.05, 4.69) is 33.8 Å². The van der Waals surface area contributed by atoms with Gasteiger partial charge in [-0.25, -0.2) is 0 Å². The molecule has 7 atom stereocenters. The van der Waals surface area contributed by atoms with Crippen molar-refractivity contribution in [3.8, 4) is 0 Å². The predicted molar refractivity (Wildman–Crippen MR) is 168 cm³/mol. The average Bonchev–Trinajstić information content (AvgIpc) is 3.24. The minimum atomic E-state index is 0.418. The zero-order valence-electron chi connectivity index (χ0n) is 25.8. The molecule has 0 aromatic heterocycles. The Morgan fingerprint density at radius 3 is 2.24 bits per heavy atom. The van der Waals surface area contributed by atoms with E-state index in [0.29, 0.717) is 21.2 Å². The van der Waals surface area contributed by atoms with Crippen LogP contribution in [0.3, 0.4) is 0 Å². The highest BCUT2D eigenvalue weighted by Crippen LogP contribution is 2.67. The second-order valence-corrected chi connectivity index (χ2v) is 15.9. The highest BCUT2D eigenvalue weighted by atomic mass is 32.2. The van der Waals surface area contributed by atoms with Gasteiger partial charge in [0.1, 0.15) is 0 Å². The number of hydrogen-bond acceptors (Lipinski definition) is 2. The van der Waals surface area contributed by atoms with Gasteiger partial charge in [-0.3, -0.25) is 4.79 Å². The van der Waals surface area contributed by atoms with E-state index in [1.54, 1.807) is 17.3 Å². The fourth-order valence-corrected chi connectivity index (χ4v) is 10.9. The SMILES string of the molecule is CCCCCCCCC(=O)S[C@H]1CC[C@@]2(C)C(=CC[C@H]3[C@H]2CC[C@]2(C)[C@H](CCCCCCCC)CC[C@@H]32)C1. The van der Waals surface area contributed by atoms with Crippen LogP contribution in [-0.4, -0.2) is 10.4 Å². The van der Waals surface area contributed by atoms with Gasteiger partial charge in [0.2, 0.25) is 0 Å². The standard InChI is InChI=1S/C36H62OS/c1-5-7-9-11-13-15-17-28-20-22-32-31-21-19-29-27-30(38-34(37)18-16-14-12-10-8-6-2)23-25-36(29,4)33(31)24-26-35(28,32)3/h19,28,30-33H,5-18,20-27H2,1-4H3/t28-,30+,31-,32+,33-,35-,36+/m1/s1. The third-order valence-electron chi connectivity index (χ3n) is 12.2. The number of carbonyl (C=O) groups is 1. The molecule has 3 saturated carbocycles. The van der Waals surface area contributed by atoms with Gasteiger partial charge < -0.3 is 0 Å². The molecule has 0 radical (unpaired) electrons. The van der Waals surface area contributed by atoms with Crippen LogP contribution in [0, 0.1) is 34.5 Å². The summed E-state index contributed by atoms with van der Waals surface area (Å²) in [6.07, 6.45) is 32.3. The van der Waals surface area contributed by atoms with Crippen LogP contribution < -0.4 is 0 Å². The quantitative estimate of drug-likeness (QED) is 0.151. The smallest absolute Gasteiger partial charge is 0.189 e. The molecule has 1 nitrogen and oxygen atoms in total. The fourth-order valence-electron chi connectivity index (χ4n) is 9.78. The third-order valence-corrected chi connectivity index (χ3v) is 13.4. The largest absolute Gasteiger partial charge is 0.287 e. The molecule has 3 fully saturated rings. The van der Waals surface area contributed by atoms with Crippen LogP contribution in [0.4, 0.5) is 0 Å². The number of thioether (sulfide) groups is 1. The van der Waals surface area contributed by atoms with Gasteiger partial charge >= 0.3 is 0 Å². The first kappa shape index (κ1) is 30.7. The molecule has 38 heavy (non-hydrogen) atoms. The van der Waals surface area contributed by atoms with Gasteiger partial charge in [0.25, 0.3) is 0 Å². The first-order valence-corrected chi connectivity index (χ1v) is 18.2. The maximum atomic E-state index is 12.7. The molecule has 0 aromatic rings. The minimum absolute atomic E-state index is 0.418. The van der Waals surface area contributed by atoms with Gasteiger partial charge in [-0.2, -0.15) is 0 Å². The monoisotopic (exact) mass is 542 g/mol. The van der Waals surface area contributed by atoms with Crippen LogP contribution in [0.1, 0.15) is 169 Å². The second kappa shape index (κ2) is 14.6. The van der Waals surface area contributed by atoms with Gasteiger partial charge in [-0.1, -0.05) is 122 Å². The van der Waals surface area contributed by atoms with E-state index in [1.807, 2.05) is 0 Å². The summed E-state index contributed by atoms with van der Waals surface area (Å²) in [6.45, 7) is 9.95. The number of unbranched alkanes of at least 4 members (excludes halogenated alkanes) is 10. The van der Waals surface area contributed by atoms with E-state index in [-0.39, 0.29) is 0 Å². The maximum Gasteiger partial charge on any atom is 0.189 e. The van der Waals surface area contributed by atoms with Crippen molar-refractivity contribution in [3.63, 3.8) is 0 Å². The summed E-state index contributed by atoms with van der Waals surface area (Å²) in [4.78, 5) is 12.7. The van der Waals surface area contributed by atoms with Crippen LogP contribution in [0.5, 0.6) is 0 Å². The fraction of sp³-hybridized carbons (Fsp3) is 0.917. The molecule has 4 aliphatic carbocycles. The van der Waals surface area contributed by atoms with Crippen molar-refractivity contribution >= 4 is 16.9 Å². The van der Waals surface area contributed by atoms with Crippen molar-refractivity contribution in [2.24, 2.45) is 34.5 Å². The zero-order chi connectivity index (χ0) is 27.0. The second-order valence-electron chi connectivity index (χ2n) is 14.5. The van der Waals surface area contributed by atoms with E-state index in [4.69, 9.17) is 0 Å². The highest BCUT2D eigenvalue weighted by molar-refractivity contribution is 8.14. The Balaban J connectivity index is 1.27. The predicted octanol–water partition coefficient (Wildman–Crippen LogP) is 11.7. The van der Waals surface area contributed by atoms with Crippen LogP contribution in [0.25, 0.3) is 0 Å². The summed E-state index contributed by atoms with van der Waals surface area (Å²) in [5.41, 5.74) is 2.78. The summed E-state index contributed by atoms with van der Waals surface area (Å²) < 4.78 is 0. The molecule has 4 rings (SSSR count). The molecule has 0 aliphatic heterocycles. The Labute approximate surface area is 241 Å². The number of fused-ring (bicyclic) bond motifs is 5. The Bertz CT molecular complexity index is 771. The molecule has 0 saturated heterocycles. The van der Waals surface area contributed by atoms with E-state index >= 15 is 0 Å². The van der Waals surface area contributed by atoms with Gasteiger partial charge in [0, 0.05) is 11.7 Å². The molecule has 0 aromatic carbocycles. The van der Waals surface area contributed by atoms with Crippen molar-refractivity contribution in [2.45, 2.75) is 174 Å². The van der Waals surface area contributed by atoms with Crippen LogP contribution in [-0.2, 0) is 4.79 Å². The summed E-state index contributed by atoms with van der Waals surface area (Å²) in [6, 6.07) is 0. The van der Waals surface area contributed by atoms with E-state index < -0.39 is 0 Å². The first-order valence-electron chi connectivity index (χ1n) is 17.3. The van der Waals surface area contributed by atoms with Crippen LogP contribution in [0.2, 0.25) is 0 Å². The minimum Gasteiger partial charge on any atom is -0.287 e. The van der Waals surface area contributed by atoms with Gasteiger partial charge in [0.05, 0.1) is 0 Å². The number of carbonyl (C=O) groups excluding carboxylic acids is 1. The van der Waals surface area contributed by atoms with Crippen LogP contribution >= 0.6 is 11.8 Å². The molecule has 0 heterocycles. The van der Waals surface area contributed by atoms with E-state index in [1.165, 1.54) is 128 Å². The molecule has 0 bridgehead atoms. The molecule has 0 spiro atoms. The Hall–Kier alpha value is -0.240. The lowest BCUT2D eigenvalue weighted by atomic mass is 9.47. The van der Waals surface area contributed by atoms with Crippen molar-refractivity contribution in [3.05, 3.63) is 11.6 Å². The topological polar surface area (TPSA) is 17.1 Å². The summed E-state index contributed by atoms with van der Waals surface area (Å²) in [7, 11) is 0. The normalized spacial score (nSPS) is 36.3. The summed E-state index contributed by atoms with van der Waals surface area (Å²) >= 11 is 1.72. The lowest BCUT2D eigenvalue weighted by Gasteiger charge is -2.58. The molecule has 4 aliphatic rings. The Kier molecular flexibility index (Phi) is 11.8. The third kappa shape index (κ3) is 7.15. The maximum absolute atomic E-state index is 12.7. The molecular formula is C36H62OS. The van der Waals surface area contributed by atoms with Crippen LogP contribution in [0.15, 0.2) is 11.6 Å². The van der Waals surface area contributed by atoms with Crippen molar-refractivity contribution < 1.29 is 4.79 Å². The highest BCUT2D eigenvalue weighted by Gasteiger charge is 2.58. The molecule has 0 N–H and O–H groups in total. The molecule has 0 amide bonds. The van der Waals surface area contributed by atoms with Crippen molar-refractivity contribution in [2.75, 3.05) is 0 Å². The van der Waals surface area contributed by atoms with E-state index in [9.17, 15) is 4.79 Å². The Morgan fingerprint density at radius 1 is 0.816 bits per heavy atom. The van der Waals surface area contributed by atoms with Crippen molar-refractivity contribution in [1.82, 2.24) is 0 Å². The molecule has 0 unspecified atom stereocenters. The van der Waals surface area contributed by atoms with E-state index in [0.717, 1.165) is 36.5 Å². The number of rotatable bonds is 15. The summed E-state index contributed by atoms with van der Waals surface area (Å²) in [5, 5.41) is 1.01. The number of allylic oxidation sites excluding steroid dienone is 2. The number of hydrogen-bond donors (Lipinski definition) is 0. The van der Waals surface area contributed by atoms with Gasteiger partial charge in [0.15, 0.2) is 5.12 Å². The average molecular weight is 543 g/mol. The zero-order valence-corrected chi connectivity index (χ0v) is 26.7.